The molecular weight excluding hydrogens is 161 g/mol. The van der Waals surface area contributed by atoms with Crippen LogP contribution in [0.4, 0.5) is 10.1 Å². The summed E-state index contributed by atoms with van der Waals surface area (Å²) in [6, 6.07) is 4.88. The van der Waals surface area contributed by atoms with E-state index in [-0.39, 0.29) is 5.82 Å². The number of halogens is 1. The van der Waals surface area contributed by atoms with Gasteiger partial charge in [0, 0.05) is 11.9 Å². The first-order chi connectivity index (χ1) is 5.22. The minimum atomic E-state index is -0.193. The highest BCUT2D eigenvalue weighted by Gasteiger charge is 1.95. The second-order valence-electron chi connectivity index (χ2n) is 2.32. The van der Waals surface area contributed by atoms with Gasteiger partial charge in [-0.25, -0.2) is 4.39 Å². The van der Waals surface area contributed by atoms with E-state index in [4.69, 9.17) is 0 Å². The van der Waals surface area contributed by atoms with Crippen molar-refractivity contribution in [3.8, 4) is 0 Å². The molecule has 1 rings (SSSR count). The maximum absolute atomic E-state index is 12.7. The third-order valence-corrected chi connectivity index (χ3v) is 1.70. The normalized spacial score (nSPS) is 9.73. The van der Waals surface area contributed by atoms with Gasteiger partial charge in [0.05, 0.1) is 0 Å². The lowest BCUT2D eigenvalue weighted by Gasteiger charge is -2.02. The van der Waals surface area contributed by atoms with Crippen molar-refractivity contribution in [1.82, 2.24) is 0 Å². The Kier molecular flexibility index (Phi) is 2.76. The van der Waals surface area contributed by atoms with E-state index in [1.807, 2.05) is 19.2 Å². The van der Waals surface area contributed by atoms with E-state index in [9.17, 15) is 4.39 Å². The number of nitrogens with one attached hydrogen (secondary N) is 1. The summed E-state index contributed by atoms with van der Waals surface area (Å²) in [6.45, 7) is 1.87. The summed E-state index contributed by atoms with van der Waals surface area (Å²) in [6.07, 6.45) is 1.90. The van der Waals surface area contributed by atoms with Gasteiger partial charge in [-0.2, -0.15) is 0 Å². The highest BCUT2D eigenvalue weighted by molar-refractivity contribution is 7.99. The van der Waals surface area contributed by atoms with E-state index in [1.165, 1.54) is 24.1 Å². The first-order valence-electron chi connectivity index (χ1n) is 3.28. The van der Waals surface area contributed by atoms with Gasteiger partial charge in [-0.05, 0) is 30.7 Å². The number of rotatable bonds is 2. The first-order valence-corrected chi connectivity index (χ1v) is 4.51. The van der Waals surface area contributed by atoms with Crippen LogP contribution in [0.25, 0.3) is 0 Å². The van der Waals surface area contributed by atoms with Crippen LogP contribution in [0.3, 0.4) is 0 Å². The number of hydrogen-bond donors (Lipinski definition) is 1. The van der Waals surface area contributed by atoms with Crippen LogP contribution in [0, 0.1) is 12.7 Å². The molecule has 11 heavy (non-hydrogen) atoms. The van der Waals surface area contributed by atoms with Crippen molar-refractivity contribution >= 4 is 17.6 Å². The number of aryl methyl sites for hydroxylation is 1. The average molecular weight is 171 g/mol. The third-order valence-electron chi connectivity index (χ3n) is 1.26. The van der Waals surface area contributed by atoms with E-state index in [1.54, 1.807) is 0 Å². The Morgan fingerprint density at radius 2 is 2.09 bits per heavy atom. The van der Waals surface area contributed by atoms with Crippen LogP contribution < -0.4 is 4.72 Å². The highest BCUT2D eigenvalue weighted by atomic mass is 32.2. The Bertz CT molecular complexity index is 230. The van der Waals surface area contributed by atoms with Crippen LogP contribution in [-0.4, -0.2) is 6.26 Å². The first kappa shape index (κ1) is 8.40. The molecule has 0 atom stereocenters. The van der Waals surface area contributed by atoms with Crippen molar-refractivity contribution in [2.24, 2.45) is 0 Å². The molecule has 0 saturated heterocycles. The summed E-state index contributed by atoms with van der Waals surface area (Å²) in [4.78, 5) is 0. The van der Waals surface area contributed by atoms with Crippen molar-refractivity contribution in [2.75, 3.05) is 11.0 Å². The lowest BCUT2D eigenvalue weighted by Crippen LogP contribution is -1.87. The van der Waals surface area contributed by atoms with Crippen LogP contribution in [0.2, 0.25) is 0 Å². The maximum atomic E-state index is 12.7. The molecular formula is C8H10FNS. The highest BCUT2D eigenvalue weighted by Crippen LogP contribution is 2.15. The van der Waals surface area contributed by atoms with Gasteiger partial charge in [0.25, 0.3) is 0 Å². The zero-order valence-corrected chi connectivity index (χ0v) is 7.33. The SMILES string of the molecule is CSNc1cc(C)cc(F)c1. The van der Waals surface area contributed by atoms with Gasteiger partial charge in [0.15, 0.2) is 0 Å². The fourth-order valence-corrected chi connectivity index (χ4v) is 1.27. The van der Waals surface area contributed by atoms with Gasteiger partial charge in [-0.1, -0.05) is 11.9 Å². The van der Waals surface area contributed by atoms with Crippen molar-refractivity contribution in [3.63, 3.8) is 0 Å². The molecule has 0 saturated carbocycles. The van der Waals surface area contributed by atoms with Crippen molar-refractivity contribution < 1.29 is 4.39 Å². The van der Waals surface area contributed by atoms with Crippen LogP contribution in [0.5, 0.6) is 0 Å². The van der Waals surface area contributed by atoms with Crippen LogP contribution in [0.15, 0.2) is 18.2 Å². The topological polar surface area (TPSA) is 12.0 Å². The molecule has 1 aromatic rings. The lowest BCUT2D eigenvalue weighted by atomic mass is 10.2. The molecule has 1 nitrogen and oxygen atoms in total. The van der Waals surface area contributed by atoms with Crippen molar-refractivity contribution in [1.29, 1.82) is 0 Å². The minimum absolute atomic E-state index is 0.193. The number of benzene rings is 1. The second-order valence-corrected chi connectivity index (χ2v) is 2.94. The summed E-state index contributed by atoms with van der Waals surface area (Å²) in [7, 11) is 0. The Balaban J connectivity index is 2.89. The van der Waals surface area contributed by atoms with Crippen molar-refractivity contribution in [3.05, 3.63) is 29.6 Å². The molecule has 0 aliphatic heterocycles. The summed E-state index contributed by atoms with van der Waals surface area (Å²) in [5, 5.41) is 0. The van der Waals surface area contributed by atoms with Crippen molar-refractivity contribution in [2.45, 2.75) is 6.92 Å². The Hall–Kier alpha value is -0.700. The van der Waals surface area contributed by atoms with Gasteiger partial charge in [0.2, 0.25) is 0 Å². The van der Waals surface area contributed by atoms with Gasteiger partial charge < -0.3 is 4.72 Å². The molecule has 0 amide bonds. The molecule has 0 radical (unpaired) electrons. The molecule has 0 fully saturated rings. The minimum Gasteiger partial charge on any atom is -0.330 e. The molecule has 0 unspecified atom stereocenters. The predicted octanol–water partition coefficient (Wildman–Crippen LogP) is 2.82. The van der Waals surface area contributed by atoms with Gasteiger partial charge >= 0.3 is 0 Å². The molecule has 0 aromatic heterocycles. The standard InChI is InChI=1S/C8H10FNS/c1-6-3-7(9)5-8(4-6)10-11-2/h3-5,10H,1-2H3. The molecule has 0 heterocycles. The van der Waals surface area contributed by atoms with Gasteiger partial charge in [-0.15, -0.1) is 0 Å². The van der Waals surface area contributed by atoms with Crippen LogP contribution in [-0.2, 0) is 0 Å². The third kappa shape index (κ3) is 2.42. The second kappa shape index (κ2) is 3.62. The Labute approximate surface area is 70.1 Å². The largest absolute Gasteiger partial charge is 0.330 e. The number of hydrogen-bond acceptors (Lipinski definition) is 2. The molecule has 60 valence electrons. The Morgan fingerprint density at radius 3 is 2.64 bits per heavy atom. The molecule has 1 N–H and O–H groups in total. The lowest BCUT2D eigenvalue weighted by molar-refractivity contribution is 0.627. The maximum Gasteiger partial charge on any atom is 0.125 e. The zero-order valence-electron chi connectivity index (χ0n) is 6.52. The summed E-state index contributed by atoms with van der Waals surface area (Å²) >= 11 is 1.46. The molecule has 1 aromatic carbocycles. The summed E-state index contributed by atoms with van der Waals surface area (Å²) in [5.74, 6) is -0.193. The van der Waals surface area contributed by atoms with E-state index < -0.39 is 0 Å². The van der Waals surface area contributed by atoms with Crippen LogP contribution in [0.1, 0.15) is 5.56 Å². The van der Waals surface area contributed by atoms with Crippen LogP contribution >= 0.6 is 11.9 Å². The fraction of sp³-hybridized carbons (Fsp3) is 0.250. The quantitative estimate of drug-likeness (QED) is 0.687. The summed E-state index contributed by atoms with van der Waals surface area (Å²) < 4.78 is 15.7. The van der Waals surface area contributed by atoms with Gasteiger partial charge in [0.1, 0.15) is 5.82 Å². The predicted molar refractivity (Wildman–Crippen MR) is 48.3 cm³/mol. The molecule has 0 spiro atoms. The molecule has 0 bridgehead atoms. The van der Waals surface area contributed by atoms with Gasteiger partial charge in [-0.3, -0.25) is 0 Å². The monoisotopic (exact) mass is 171 g/mol. The molecule has 0 aliphatic carbocycles. The fourth-order valence-electron chi connectivity index (χ4n) is 0.913. The van der Waals surface area contributed by atoms with E-state index in [0.29, 0.717) is 0 Å². The number of anilines is 1. The molecule has 3 heteroatoms. The van der Waals surface area contributed by atoms with E-state index in [2.05, 4.69) is 4.72 Å². The smallest absolute Gasteiger partial charge is 0.125 e. The van der Waals surface area contributed by atoms with E-state index >= 15 is 0 Å². The Morgan fingerprint density at radius 1 is 1.36 bits per heavy atom. The summed E-state index contributed by atoms with van der Waals surface area (Å²) in [5.41, 5.74) is 1.75. The zero-order chi connectivity index (χ0) is 8.27. The van der Waals surface area contributed by atoms with E-state index in [0.717, 1.165) is 11.3 Å². The molecule has 0 aliphatic rings. The average Bonchev–Trinajstić information content (AvgIpc) is 1.85.